The Labute approximate surface area is 106 Å². The van der Waals surface area contributed by atoms with Crippen molar-refractivity contribution in [3.05, 3.63) is 30.3 Å². The molecule has 94 valence electrons. The summed E-state index contributed by atoms with van der Waals surface area (Å²) in [5, 5.41) is 3.17. The van der Waals surface area contributed by atoms with Crippen molar-refractivity contribution < 1.29 is 9.63 Å². The second-order valence-corrected chi connectivity index (χ2v) is 3.57. The topological polar surface area (TPSA) is 53.6 Å². The lowest BCUT2D eigenvalue weighted by Crippen LogP contribution is -2.47. The number of carbonyl (C=O) groups excluding carboxylic acids is 1. The van der Waals surface area contributed by atoms with Crippen molar-refractivity contribution >= 4 is 24.2 Å². The first-order valence-corrected chi connectivity index (χ1v) is 5.34. The van der Waals surface area contributed by atoms with E-state index in [1.165, 1.54) is 0 Å². The van der Waals surface area contributed by atoms with Crippen LogP contribution < -0.4 is 10.8 Å². The van der Waals surface area contributed by atoms with Crippen LogP contribution in [0.25, 0.3) is 0 Å². The highest BCUT2D eigenvalue weighted by Gasteiger charge is 2.17. The summed E-state index contributed by atoms with van der Waals surface area (Å²) in [7, 11) is 0. The molecular weight excluding hydrogens is 242 g/mol. The van der Waals surface area contributed by atoms with Crippen molar-refractivity contribution in [2.24, 2.45) is 0 Å². The number of nitrogens with one attached hydrogen (secondary N) is 2. The second-order valence-electron chi connectivity index (χ2n) is 3.57. The number of benzene rings is 1. The van der Waals surface area contributed by atoms with Gasteiger partial charge in [0.05, 0.1) is 5.69 Å². The first-order chi connectivity index (χ1) is 7.86. The van der Waals surface area contributed by atoms with Gasteiger partial charge in [0.1, 0.15) is 0 Å². The highest BCUT2D eigenvalue weighted by Crippen LogP contribution is 2.05. The van der Waals surface area contributed by atoms with E-state index in [-0.39, 0.29) is 18.5 Å². The summed E-state index contributed by atoms with van der Waals surface area (Å²) in [6.45, 7) is 3.02. The molecule has 0 aromatic heterocycles. The van der Waals surface area contributed by atoms with E-state index >= 15 is 0 Å². The molecule has 1 amide bonds. The van der Waals surface area contributed by atoms with Gasteiger partial charge in [-0.3, -0.25) is 0 Å². The monoisotopic (exact) mass is 257 g/mol. The summed E-state index contributed by atoms with van der Waals surface area (Å²) >= 11 is 0. The Hall–Kier alpha value is -1.46. The predicted molar refractivity (Wildman–Crippen MR) is 68.2 cm³/mol. The van der Waals surface area contributed by atoms with Crippen LogP contribution in [0.15, 0.2) is 30.3 Å². The number of rotatable bonds is 2. The van der Waals surface area contributed by atoms with E-state index in [9.17, 15) is 4.79 Å². The van der Waals surface area contributed by atoms with Gasteiger partial charge in [0.2, 0.25) is 0 Å². The SMILES string of the molecule is Cl.O=C(ONc1ccccc1)N1CCNCC1. The van der Waals surface area contributed by atoms with Crippen LogP contribution in [-0.4, -0.2) is 37.2 Å². The molecule has 6 heteroatoms. The second kappa shape index (κ2) is 6.98. The maximum atomic E-state index is 11.6. The van der Waals surface area contributed by atoms with Gasteiger partial charge in [-0.25, -0.2) is 10.3 Å². The molecule has 0 atom stereocenters. The third-order valence-electron chi connectivity index (χ3n) is 2.41. The molecule has 1 aromatic rings. The van der Waals surface area contributed by atoms with E-state index < -0.39 is 0 Å². The maximum Gasteiger partial charge on any atom is 0.434 e. The van der Waals surface area contributed by atoms with Gasteiger partial charge in [-0.15, -0.1) is 12.4 Å². The van der Waals surface area contributed by atoms with Crippen LogP contribution in [0.5, 0.6) is 0 Å². The average Bonchev–Trinajstić information content (AvgIpc) is 2.38. The van der Waals surface area contributed by atoms with Gasteiger partial charge in [-0.1, -0.05) is 18.2 Å². The van der Waals surface area contributed by atoms with Gasteiger partial charge in [0.25, 0.3) is 0 Å². The van der Waals surface area contributed by atoms with E-state index in [0.29, 0.717) is 13.1 Å². The van der Waals surface area contributed by atoms with Gasteiger partial charge in [0.15, 0.2) is 0 Å². The summed E-state index contributed by atoms with van der Waals surface area (Å²) in [5.41, 5.74) is 3.40. The van der Waals surface area contributed by atoms with Crippen LogP contribution in [0.2, 0.25) is 0 Å². The van der Waals surface area contributed by atoms with Crippen molar-refractivity contribution in [1.82, 2.24) is 10.2 Å². The number of amides is 1. The first-order valence-electron chi connectivity index (χ1n) is 5.34. The molecular formula is C11H16ClN3O2. The number of anilines is 1. The fraction of sp³-hybridized carbons (Fsp3) is 0.364. The standard InChI is InChI=1S/C11H15N3O2.ClH/c15-11(14-8-6-12-7-9-14)16-13-10-4-2-1-3-5-10;/h1-5,12-13H,6-9H2;1H. The minimum Gasteiger partial charge on any atom is -0.324 e. The third kappa shape index (κ3) is 4.13. The molecule has 0 unspecified atom stereocenters. The Kier molecular flexibility index (Phi) is 5.59. The highest BCUT2D eigenvalue weighted by atomic mass is 35.5. The van der Waals surface area contributed by atoms with Crippen molar-refractivity contribution in [2.45, 2.75) is 0 Å². The van der Waals surface area contributed by atoms with Crippen LogP contribution in [0.1, 0.15) is 0 Å². The van der Waals surface area contributed by atoms with Gasteiger partial charge in [-0.2, -0.15) is 0 Å². The summed E-state index contributed by atoms with van der Waals surface area (Å²) in [6, 6.07) is 9.33. The molecule has 1 aliphatic rings. The minimum atomic E-state index is -0.328. The van der Waals surface area contributed by atoms with Gasteiger partial charge < -0.3 is 15.1 Å². The van der Waals surface area contributed by atoms with Crippen LogP contribution in [0.3, 0.4) is 0 Å². The molecule has 0 saturated carbocycles. The Morgan fingerprint density at radius 3 is 2.53 bits per heavy atom. The maximum absolute atomic E-state index is 11.6. The molecule has 1 fully saturated rings. The quantitative estimate of drug-likeness (QED) is 0.788. The van der Waals surface area contributed by atoms with Crippen molar-refractivity contribution in [3.63, 3.8) is 0 Å². The Morgan fingerprint density at radius 2 is 1.88 bits per heavy atom. The molecule has 1 aromatic carbocycles. The minimum absolute atomic E-state index is 0. The number of nitrogens with zero attached hydrogens (tertiary/aromatic N) is 1. The fourth-order valence-electron chi connectivity index (χ4n) is 1.52. The van der Waals surface area contributed by atoms with E-state index in [2.05, 4.69) is 10.8 Å². The lowest BCUT2D eigenvalue weighted by Gasteiger charge is -2.26. The summed E-state index contributed by atoms with van der Waals surface area (Å²) < 4.78 is 0. The third-order valence-corrected chi connectivity index (χ3v) is 2.41. The van der Waals surface area contributed by atoms with Crippen molar-refractivity contribution in [1.29, 1.82) is 0 Å². The van der Waals surface area contributed by atoms with Crippen LogP contribution in [-0.2, 0) is 4.84 Å². The van der Waals surface area contributed by atoms with E-state index in [4.69, 9.17) is 4.84 Å². The zero-order chi connectivity index (χ0) is 11.2. The van der Waals surface area contributed by atoms with E-state index in [0.717, 1.165) is 18.8 Å². The van der Waals surface area contributed by atoms with Gasteiger partial charge in [-0.05, 0) is 12.1 Å². The molecule has 1 aliphatic heterocycles. The number of carbonyl (C=O) groups is 1. The molecule has 1 saturated heterocycles. The largest absolute Gasteiger partial charge is 0.434 e. The lowest BCUT2D eigenvalue weighted by atomic mass is 10.3. The number of hydrogen-bond acceptors (Lipinski definition) is 4. The molecule has 1 heterocycles. The zero-order valence-electron chi connectivity index (χ0n) is 9.39. The zero-order valence-corrected chi connectivity index (χ0v) is 10.2. The molecule has 0 spiro atoms. The molecule has 0 aliphatic carbocycles. The molecule has 0 radical (unpaired) electrons. The number of para-hydroxylation sites is 1. The predicted octanol–water partition coefficient (Wildman–Crippen LogP) is 1.48. The van der Waals surface area contributed by atoms with Crippen molar-refractivity contribution in [2.75, 3.05) is 31.7 Å². The molecule has 17 heavy (non-hydrogen) atoms. The molecule has 5 nitrogen and oxygen atoms in total. The fourth-order valence-corrected chi connectivity index (χ4v) is 1.52. The lowest BCUT2D eigenvalue weighted by molar-refractivity contribution is 0.117. The average molecular weight is 258 g/mol. The van der Waals surface area contributed by atoms with Crippen molar-refractivity contribution in [3.8, 4) is 0 Å². The van der Waals surface area contributed by atoms with E-state index in [1.807, 2.05) is 30.3 Å². The molecule has 2 rings (SSSR count). The number of piperazine rings is 1. The Morgan fingerprint density at radius 1 is 1.24 bits per heavy atom. The number of halogens is 1. The van der Waals surface area contributed by atoms with Crippen LogP contribution >= 0.6 is 12.4 Å². The molecule has 0 bridgehead atoms. The summed E-state index contributed by atoms with van der Waals surface area (Å²) in [6.07, 6.45) is -0.328. The smallest absolute Gasteiger partial charge is 0.324 e. The van der Waals surface area contributed by atoms with E-state index in [1.54, 1.807) is 4.90 Å². The molecule has 2 N–H and O–H groups in total. The van der Waals surface area contributed by atoms with Crippen LogP contribution in [0, 0.1) is 0 Å². The highest BCUT2D eigenvalue weighted by molar-refractivity contribution is 5.85. The summed E-state index contributed by atoms with van der Waals surface area (Å²) in [5.74, 6) is 0. The Balaban J connectivity index is 0.00000144. The van der Waals surface area contributed by atoms with Gasteiger partial charge in [0, 0.05) is 26.2 Å². The first kappa shape index (κ1) is 13.6. The normalized spacial score (nSPS) is 14.7. The van der Waals surface area contributed by atoms with Gasteiger partial charge >= 0.3 is 6.09 Å². The number of hydrogen-bond donors (Lipinski definition) is 2. The Bertz CT molecular complexity index is 342. The summed E-state index contributed by atoms with van der Waals surface area (Å²) in [4.78, 5) is 18.2. The van der Waals surface area contributed by atoms with Crippen LogP contribution in [0.4, 0.5) is 10.5 Å².